The molecule has 0 bridgehead atoms. The molecule has 3 aliphatic heterocycles. The smallest absolute Gasteiger partial charge is 0.317 e. The molecule has 3 fully saturated rings. The van der Waals surface area contributed by atoms with E-state index < -0.39 is 0 Å². The Bertz CT molecular complexity index is 387. The van der Waals surface area contributed by atoms with Crippen LogP contribution in [-0.4, -0.2) is 67.0 Å². The molecular formula is C13H22N4O2. The monoisotopic (exact) mass is 266 g/mol. The predicted molar refractivity (Wildman–Crippen MR) is 70.6 cm³/mol. The highest BCUT2D eigenvalue weighted by Crippen LogP contribution is 2.21. The summed E-state index contributed by atoms with van der Waals surface area (Å²) in [6, 6.07) is 0.184. The zero-order valence-corrected chi connectivity index (χ0v) is 11.4. The minimum absolute atomic E-state index is 0.0186. The van der Waals surface area contributed by atoms with Crippen molar-refractivity contribution >= 4 is 11.9 Å². The van der Waals surface area contributed by atoms with Crippen molar-refractivity contribution in [1.29, 1.82) is 0 Å². The van der Waals surface area contributed by atoms with Gasteiger partial charge in [-0.1, -0.05) is 6.92 Å². The van der Waals surface area contributed by atoms with Crippen LogP contribution in [0.3, 0.4) is 0 Å². The Morgan fingerprint density at radius 3 is 2.89 bits per heavy atom. The van der Waals surface area contributed by atoms with Gasteiger partial charge in [0.15, 0.2) is 0 Å². The molecule has 2 N–H and O–H groups in total. The Balaban J connectivity index is 1.60. The zero-order valence-electron chi connectivity index (χ0n) is 11.4. The third-order valence-corrected chi connectivity index (χ3v) is 4.46. The molecule has 0 aromatic heterocycles. The van der Waals surface area contributed by atoms with Crippen molar-refractivity contribution in [2.24, 2.45) is 11.8 Å². The summed E-state index contributed by atoms with van der Waals surface area (Å²) in [6.45, 7) is 6.68. The molecule has 3 rings (SSSR count). The maximum absolute atomic E-state index is 12.5. The first-order chi connectivity index (χ1) is 9.15. The van der Waals surface area contributed by atoms with Gasteiger partial charge in [-0.05, 0) is 18.9 Å². The lowest BCUT2D eigenvalue weighted by Crippen LogP contribution is -2.56. The molecule has 0 spiro atoms. The maximum Gasteiger partial charge on any atom is 0.317 e. The number of hydrogen-bond donors (Lipinski definition) is 2. The van der Waals surface area contributed by atoms with E-state index in [4.69, 9.17) is 0 Å². The van der Waals surface area contributed by atoms with Gasteiger partial charge in [-0.2, -0.15) is 0 Å². The number of urea groups is 1. The van der Waals surface area contributed by atoms with Crippen LogP contribution in [0.5, 0.6) is 0 Å². The second-order valence-corrected chi connectivity index (χ2v) is 6.01. The number of fused-ring (bicyclic) bond motifs is 1. The van der Waals surface area contributed by atoms with Gasteiger partial charge in [0.05, 0.1) is 12.0 Å². The summed E-state index contributed by atoms with van der Waals surface area (Å²) in [5, 5.41) is 6.18. The van der Waals surface area contributed by atoms with Crippen molar-refractivity contribution in [3.63, 3.8) is 0 Å². The van der Waals surface area contributed by atoms with E-state index in [1.54, 1.807) is 0 Å². The van der Waals surface area contributed by atoms with Crippen molar-refractivity contribution in [3.05, 3.63) is 0 Å². The molecule has 0 radical (unpaired) electrons. The minimum atomic E-state index is 0.0186. The maximum atomic E-state index is 12.5. The third kappa shape index (κ3) is 2.41. The molecule has 106 valence electrons. The molecule has 6 nitrogen and oxygen atoms in total. The van der Waals surface area contributed by atoms with Crippen LogP contribution in [0.15, 0.2) is 0 Å². The van der Waals surface area contributed by atoms with Crippen LogP contribution in [0.1, 0.15) is 13.3 Å². The van der Waals surface area contributed by atoms with Gasteiger partial charge in [0, 0.05) is 32.7 Å². The molecule has 0 aliphatic carbocycles. The van der Waals surface area contributed by atoms with Crippen LogP contribution in [0.4, 0.5) is 4.79 Å². The van der Waals surface area contributed by atoms with Gasteiger partial charge in [-0.3, -0.25) is 4.79 Å². The number of piperidine rings is 1. The Morgan fingerprint density at radius 1 is 1.26 bits per heavy atom. The summed E-state index contributed by atoms with van der Waals surface area (Å²) in [5.41, 5.74) is 0. The fourth-order valence-electron chi connectivity index (χ4n) is 3.41. The van der Waals surface area contributed by atoms with Gasteiger partial charge in [-0.25, -0.2) is 4.79 Å². The number of rotatable bonds is 1. The molecule has 3 saturated heterocycles. The van der Waals surface area contributed by atoms with Crippen molar-refractivity contribution in [2.75, 3.05) is 39.3 Å². The molecule has 0 saturated carbocycles. The third-order valence-electron chi connectivity index (χ3n) is 4.46. The second-order valence-electron chi connectivity index (χ2n) is 6.01. The fourth-order valence-corrected chi connectivity index (χ4v) is 3.41. The molecule has 3 aliphatic rings. The standard InChI is InChI=1S/C13H22N4O2/c1-9-4-10(6-14-5-9)12(18)16-2-3-17-11(8-16)7-15-13(17)19/h9-11,14H,2-8H2,1H3,(H,15,19). The van der Waals surface area contributed by atoms with Gasteiger partial charge < -0.3 is 20.4 Å². The number of nitrogens with zero attached hydrogens (tertiary/aromatic N) is 2. The fraction of sp³-hybridized carbons (Fsp3) is 0.846. The van der Waals surface area contributed by atoms with E-state index in [9.17, 15) is 9.59 Å². The lowest BCUT2D eigenvalue weighted by Gasteiger charge is -2.39. The summed E-state index contributed by atoms with van der Waals surface area (Å²) in [7, 11) is 0. The van der Waals surface area contributed by atoms with Crippen LogP contribution >= 0.6 is 0 Å². The molecular weight excluding hydrogens is 244 g/mol. The second kappa shape index (κ2) is 5.00. The molecule has 3 heterocycles. The topological polar surface area (TPSA) is 64.7 Å². The van der Waals surface area contributed by atoms with Crippen LogP contribution < -0.4 is 10.6 Å². The number of hydrogen-bond acceptors (Lipinski definition) is 3. The van der Waals surface area contributed by atoms with Crippen molar-refractivity contribution in [2.45, 2.75) is 19.4 Å². The highest BCUT2D eigenvalue weighted by atomic mass is 16.2. The Hall–Kier alpha value is -1.30. The predicted octanol–water partition coefficient (Wildman–Crippen LogP) is -0.532. The summed E-state index contributed by atoms with van der Waals surface area (Å²) in [4.78, 5) is 27.9. The minimum Gasteiger partial charge on any atom is -0.339 e. The Morgan fingerprint density at radius 2 is 2.11 bits per heavy atom. The van der Waals surface area contributed by atoms with E-state index in [0.717, 1.165) is 19.5 Å². The highest BCUT2D eigenvalue weighted by molar-refractivity contribution is 5.81. The molecule has 3 atom stereocenters. The summed E-state index contributed by atoms with van der Waals surface area (Å²) >= 11 is 0. The number of carbonyl (C=O) groups is 2. The van der Waals surface area contributed by atoms with Crippen LogP contribution in [0.25, 0.3) is 0 Å². The van der Waals surface area contributed by atoms with Crippen molar-refractivity contribution in [3.8, 4) is 0 Å². The normalized spacial score (nSPS) is 35.0. The van der Waals surface area contributed by atoms with Gasteiger partial charge in [0.1, 0.15) is 0 Å². The average molecular weight is 266 g/mol. The first-order valence-corrected chi connectivity index (χ1v) is 7.19. The molecule has 3 unspecified atom stereocenters. The van der Waals surface area contributed by atoms with E-state index >= 15 is 0 Å². The quantitative estimate of drug-likeness (QED) is 0.670. The molecule has 6 heteroatoms. The lowest BCUT2D eigenvalue weighted by molar-refractivity contribution is -0.138. The number of nitrogens with one attached hydrogen (secondary N) is 2. The number of carbonyl (C=O) groups excluding carboxylic acids is 2. The highest BCUT2D eigenvalue weighted by Gasteiger charge is 2.38. The number of piperazine rings is 1. The van der Waals surface area contributed by atoms with E-state index in [-0.39, 0.29) is 23.9 Å². The van der Waals surface area contributed by atoms with Crippen LogP contribution in [0.2, 0.25) is 0 Å². The first-order valence-electron chi connectivity index (χ1n) is 7.19. The summed E-state index contributed by atoms with van der Waals surface area (Å²) in [6.07, 6.45) is 0.980. The van der Waals surface area contributed by atoms with E-state index in [1.807, 2.05) is 9.80 Å². The summed E-state index contributed by atoms with van der Waals surface area (Å²) in [5.74, 6) is 0.942. The average Bonchev–Trinajstić information content (AvgIpc) is 2.79. The van der Waals surface area contributed by atoms with E-state index in [0.29, 0.717) is 32.1 Å². The summed E-state index contributed by atoms with van der Waals surface area (Å²) < 4.78 is 0. The molecule has 19 heavy (non-hydrogen) atoms. The van der Waals surface area contributed by atoms with Crippen molar-refractivity contribution < 1.29 is 9.59 Å². The van der Waals surface area contributed by atoms with Crippen molar-refractivity contribution in [1.82, 2.24) is 20.4 Å². The SMILES string of the molecule is CC1CNCC(C(=O)N2CCN3C(=O)NCC3C2)C1. The van der Waals surface area contributed by atoms with E-state index in [2.05, 4.69) is 17.6 Å². The van der Waals surface area contributed by atoms with Crippen LogP contribution in [-0.2, 0) is 4.79 Å². The van der Waals surface area contributed by atoms with Gasteiger partial charge in [0.2, 0.25) is 5.91 Å². The van der Waals surface area contributed by atoms with E-state index in [1.165, 1.54) is 0 Å². The van der Waals surface area contributed by atoms with Gasteiger partial charge >= 0.3 is 6.03 Å². The molecule has 0 aromatic rings. The lowest BCUT2D eigenvalue weighted by atomic mass is 9.90. The van der Waals surface area contributed by atoms with Gasteiger partial charge in [-0.15, -0.1) is 0 Å². The number of amides is 3. The molecule has 0 aromatic carbocycles. The Kier molecular flexibility index (Phi) is 3.35. The largest absolute Gasteiger partial charge is 0.339 e. The zero-order chi connectivity index (χ0) is 13.4. The Labute approximate surface area is 113 Å². The molecule has 3 amide bonds. The van der Waals surface area contributed by atoms with Crippen LogP contribution in [0, 0.1) is 11.8 Å². The first kappa shape index (κ1) is 12.7. The van der Waals surface area contributed by atoms with Gasteiger partial charge in [0.25, 0.3) is 0 Å².